The van der Waals surface area contributed by atoms with Crippen LogP contribution in [0.3, 0.4) is 0 Å². The predicted octanol–water partition coefficient (Wildman–Crippen LogP) is 0.139. The fourth-order valence-corrected chi connectivity index (χ4v) is 2.38. The lowest BCUT2D eigenvalue weighted by atomic mass is 9.96. The monoisotopic (exact) mass is 276 g/mol. The average Bonchev–Trinajstić information content (AvgIpc) is 2.53. The largest absolute Gasteiger partial charge is 0.359 e. The van der Waals surface area contributed by atoms with Gasteiger partial charge in [-0.3, -0.25) is 14.6 Å². The molecule has 0 atom stereocenters. The smallest absolute Gasteiger partial charge is 0.272 e. The number of nitrogens with zero attached hydrogens (tertiary/aromatic N) is 2. The van der Waals surface area contributed by atoms with E-state index in [4.69, 9.17) is 5.73 Å². The summed E-state index contributed by atoms with van der Waals surface area (Å²) in [5, 5.41) is 2.66. The number of pyridine rings is 1. The zero-order valence-corrected chi connectivity index (χ0v) is 11.6. The van der Waals surface area contributed by atoms with Crippen LogP contribution in [-0.2, 0) is 11.3 Å². The lowest BCUT2D eigenvalue weighted by Crippen LogP contribution is -2.42. The molecule has 2 amide bonds. The summed E-state index contributed by atoms with van der Waals surface area (Å²) in [4.78, 5) is 29.7. The topological polar surface area (TPSA) is 88.3 Å². The van der Waals surface area contributed by atoms with Crippen molar-refractivity contribution >= 4 is 11.8 Å². The number of carbonyl (C=O) groups excluding carboxylic acids is 2. The highest BCUT2D eigenvalue weighted by molar-refractivity contribution is 5.92. The van der Waals surface area contributed by atoms with E-state index in [1.165, 1.54) is 0 Å². The SMILES string of the molecule is CNC(=O)C1CCN(C(=O)c2ccc(CN)cn2)CC1. The Bertz CT molecular complexity index is 478. The number of nitrogens with two attached hydrogens (primary N) is 1. The van der Waals surface area contributed by atoms with Crippen molar-refractivity contribution in [1.82, 2.24) is 15.2 Å². The Kier molecular flexibility index (Phi) is 4.68. The Morgan fingerprint density at radius 2 is 2.10 bits per heavy atom. The summed E-state index contributed by atoms with van der Waals surface area (Å²) in [6.07, 6.45) is 3.03. The number of amides is 2. The number of piperidine rings is 1. The molecule has 2 rings (SSSR count). The third-order valence-corrected chi connectivity index (χ3v) is 3.68. The van der Waals surface area contributed by atoms with Crippen LogP contribution in [0.15, 0.2) is 18.3 Å². The lowest BCUT2D eigenvalue weighted by molar-refractivity contribution is -0.125. The molecule has 1 aliphatic heterocycles. The number of rotatable bonds is 3. The minimum Gasteiger partial charge on any atom is -0.359 e. The molecule has 1 fully saturated rings. The molecule has 0 aliphatic carbocycles. The molecule has 0 bridgehead atoms. The van der Waals surface area contributed by atoms with Crippen LogP contribution in [0.25, 0.3) is 0 Å². The standard InChI is InChI=1S/C14H20N4O2/c1-16-13(19)11-4-6-18(7-5-11)14(20)12-3-2-10(8-15)9-17-12/h2-3,9,11H,4-8,15H2,1H3,(H,16,19). The number of aromatic nitrogens is 1. The highest BCUT2D eigenvalue weighted by Crippen LogP contribution is 2.18. The minimum atomic E-state index is -0.0797. The summed E-state index contributed by atoms with van der Waals surface area (Å²) >= 11 is 0. The number of hydrogen-bond donors (Lipinski definition) is 2. The molecule has 0 aromatic carbocycles. The van der Waals surface area contributed by atoms with Crippen LogP contribution in [0.5, 0.6) is 0 Å². The van der Waals surface area contributed by atoms with Crippen LogP contribution in [0, 0.1) is 5.92 Å². The molecule has 6 heteroatoms. The van der Waals surface area contributed by atoms with Gasteiger partial charge < -0.3 is 16.0 Å². The van der Waals surface area contributed by atoms with Gasteiger partial charge in [-0.05, 0) is 24.5 Å². The van der Waals surface area contributed by atoms with Gasteiger partial charge in [-0.2, -0.15) is 0 Å². The van der Waals surface area contributed by atoms with Crippen molar-refractivity contribution in [3.63, 3.8) is 0 Å². The molecular weight excluding hydrogens is 256 g/mol. The maximum atomic E-state index is 12.3. The van der Waals surface area contributed by atoms with Crippen molar-refractivity contribution in [3.05, 3.63) is 29.6 Å². The predicted molar refractivity (Wildman–Crippen MR) is 74.8 cm³/mol. The molecule has 6 nitrogen and oxygen atoms in total. The second kappa shape index (κ2) is 6.47. The zero-order chi connectivity index (χ0) is 14.5. The van der Waals surface area contributed by atoms with Gasteiger partial charge in [0, 0.05) is 38.8 Å². The summed E-state index contributed by atoms with van der Waals surface area (Å²) in [6, 6.07) is 3.52. The molecule has 2 heterocycles. The Balaban J connectivity index is 1.95. The van der Waals surface area contributed by atoms with Crippen molar-refractivity contribution in [2.45, 2.75) is 19.4 Å². The van der Waals surface area contributed by atoms with E-state index < -0.39 is 0 Å². The number of likely N-dealkylation sites (tertiary alicyclic amines) is 1. The molecule has 3 N–H and O–H groups in total. The maximum Gasteiger partial charge on any atom is 0.272 e. The first-order chi connectivity index (χ1) is 9.65. The summed E-state index contributed by atoms with van der Waals surface area (Å²) in [5.74, 6) is -0.0110. The van der Waals surface area contributed by atoms with Crippen molar-refractivity contribution in [2.24, 2.45) is 11.7 Å². The molecule has 108 valence electrons. The van der Waals surface area contributed by atoms with Crippen molar-refractivity contribution in [1.29, 1.82) is 0 Å². The summed E-state index contributed by atoms with van der Waals surface area (Å²) in [6.45, 7) is 1.60. The van der Waals surface area contributed by atoms with Gasteiger partial charge in [0.2, 0.25) is 5.91 Å². The van der Waals surface area contributed by atoms with Gasteiger partial charge >= 0.3 is 0 Å². The van der Waals surface area contributed by atoms with Gasteiger partial charge in [0.05, 0.1) is 0 Å². The zero-order valence-electron chi connectivity index (χ0n) is 11.6. The van der Waals surface area contributed by atoms with Gasteiger partial charge in [0.15, 0.2) is 0 Å². The van der Waals surface area contributed by atoms with E-state index in [9.17, 15) is 9.59 Å². The van der Waals surface area contributed by atoms with Gasteiger partial charge in [-0.1, -0.05) is 6.07 Å². The Labute approximate surface area is 118 Å². The lowest BCUT2D eigenvalue weighted by Gasteiger charge is -2.30. The Morgan fingerprint density at radius 1 is 1.40 bits per heavy atom. The first-order valence-corrected chi connectivity index (χ1v) is 6.81. The fraction of sp³-hybridized carbons (Fsp3) is 0.500. The quantitative estimate of drug-likeness (QED) is 0.822. The van der Waals surface area contributed by atoms with E-state index in [0.717, 1.165) is 5.56 Å². The van der Waals surface area contributed by atoms with Gasteiger partial charge in [-0.15, -0.1) is 0 Å². The molecule has 1 saturated heterocycles. The Morgan fingerprint density at radius 3 is 2.60 bits per heavy atom. The molecule has 0 spiro atoms. The Hall–Kier alpha value is -1.95. The molecule has 0 saturated carbocycles. The second-order valence-corrected chi connectivity index (χ2v) is 4.94. The highest BCUT2D eigenvalue weighted by atomic mass is 16.2. The van der Waals surface area contributed by atoms with Crippen LogP contribution in [-0.4, -0.2) is 41.8 Å². The molecular formula is C14H20N4O2. The van der Waals surface area contributed by atoms with Gasteiger partial charge in [-0.25, -0.2) is 0 Å². The van der Waals surface area contributed by atoms with Gasteiger partial charge in [0.1, 0.15) is 5.69 Å². The van der Waals surface area contributed by atoms with E-state index in [0.29, 0.717) is 38.2 Å². The summed E-state index contributed by atoms with van der Waals surface area (Å²) in [7, 11) is 1.64. The number of carbonyl (C=O) groups is 2. The van der Waals surface area contributed by atoms with Crippen LogP contribution in [0.1, 0.15) is 28.9 Å². The normalized spacial score (nSPS) is 16.0. The third kappa shape index (κ3) is 3.14. The summed E-state index contributed by atoms with van der Waals surface area (Å²) in [5.41, 5.74) is 6.84. The molecule has 0 unspecified atom stereocenters. The molecule has 0 radical (unpaired) electrons. The van der Waals surface area contributed by atoms with E-state index >= 15 is 0 Å². The van der Waals surface area contributed by atoms with E-state index in [1.807, 2.05) is 6.07 Å². The van der Waals surface area contributed by atoms with Crippen molar-refractivity contribution in [3.8, 4) is 0 Å². The minimum absolute atomic E-state index is 0.0108. The third-order valence-electron chi connectivity index (χ3n) is 3.68. The van der Waals surface area contributed by atoms with Crippen LogP contribution < -0.4 is 11.1 Å². The van der Waals surface area contributed by atoms with E-state index in [1.54, 1.807) is 24.2 Å². The van der Waals surface area contributed by atoms with Crippen molar-refractivity contribution in [2.75, 3.05) is 20.1 Å². The highest BCUT2D eigenvalue weighted by Gasteiger charge is 2.27. The van der Waals surface area contributed by atoms with Crippen LogP contribution in [0.2, 0.25) is 0 Å². The van der Waals surface area contributed by atoms with Crippen LogP contribution in [0.4, 0.5) is 0 Å². The van der Waals surface area contributed by atoms with Crippen LogP contribution >= 0.6 is 0 Å². The maximum absolute atomic E-state index is 12.3. The van der Waals surface area contributed by atoms with E-state index in [2.05, 4.69) is 10.3 Å². The fourth-order valence-electron chi connectivity index (χ4n) is 2.38. The van der Waals surface area contributed by atoms with Gasteiger partial charge in [0.25, 0.3) is 5.91 Å². The molecule has 1 aromatic rings. The average molecular weight is 276 g/mol. The van der Waals surface area contributed by atoms with E-state index in [-0.39, 0.29) is 17.7 Å². The first kappa shape index (κ1) is 14.5. The first-order valence-electron chi connectivity index (χ1n) is 6.81. The number of hydrogen-bond acceptors (Lipinski definition) is 4. The van der Waals surface area contributed by atoms with Crippen molar-refractivity contribution < 1.29 is 9.59 Å². The summed E-state index contributed by atoms with van der Waals surface area (Å²) < 4.78 is 0. The molecule has 1 aromatic heterocycles. The second-order valence-electron chi connectivity index (χ2n) is 4.94. The molecule has 1 aliphatic rings. The number of nitrogens with one attached hydrogen (secondary N) is 1. The molecule has 20 heavy (non-hydrogen) atoms.